The molecule has 98 valence electrons. The summed E-state index contributed by atoms with van der Waals surface area (Å²) in [6.45, 7) is 2.77. The van der Waals surface area contributed by atoms with Gasteiger partial charge in [0.25, 0.3) is 5.91 Å². The molecular formula is C15H17N3O. The van der Waals surface area contributed by atoms with Crippen LogP contribution in [0.4, 0.5) is 11.5 Å². The average molecular weight is 255 g/mol. The highest BCUT2D eigenvalue weighted by atomic mass is 16.2. The first kappa shape index (κ1) is 13.1. The zero-order valence-electron chi connectivity index (χ0n) is 11.1. The molecule has 0 atom stereocenters. The normalized spacial score (nSPS) is 10.0. The minimum absolute atomic E-state index is 0.119. The Bertz CT molecular complexity index is 554. The third-order valence-electron chi connectivity index (χ3n) is 2.77. The summed E-state index contributed by atoms with van der Waals surface area (Å²) in [6, 6.07) is 14.9. The van der Waals surface area contributed by atoms with Gasteiger partial charge in [-0.15, -0.1) is 0 Å². The Morgan fingerprint density at radius 3 is 2.58 bits per heavy atom. The number of rotatable bonds is 4. The Hall–Kier alpha value is -2.36. The number of para-hydroxylation sites is 1. The molecule has 0 aliphatic carbocycles. The van der Waals surface area contributed by atoms with Gasteiger partial charge in [-0.05, 0) is 31.2 Å². The fourth-order valence-electron chi connectivity index (χ4n) is 1.77. The van der Waals surface area contributed by atoms with Crippen LogP contribution >= 0.6 is 0 Å². The van der Waals surface area contributed by atoms with Crippen molar-refractivity contribution >= 4 is 17.4 Å². The maximum atomic E-state index is 12.3. The molecule has 0 unspecified atom stereocenters. The molecule has 4 nitrogen and oxygen atoms in total. The van der Waals surface area contributed by atoms with E-state index in [0.29, 0.717) is 5.69 Å². The van der Waals surface area contributed by atoms with Gasteiger partial charge in [0.15, 0.2) is 0 Å². The zero-order valence-corrected chi connectivity index (χ0v) is 11.1. The summed E-state index contributed by atoms with van der Waals surface area (Å²) in [7, 11) is 1.75. The standard InChI is InChI=1S/C15H17N3O/c1-3-16-14-11-7-10-13(17-14)15(19)18(2)12-8-5-4-6-9-12/h4-11H,3H2,1-2H3,(H,16,17). The van der Waals surface area contributed by atoms with Crippen LogP contribution in [0.2, 0.25) is 0 Å². The van der Waals surface area contributed by atoms with E-state index in [4.69, 9.17) is 0 Å². The molecule has 0 spiro atoms. The van der Waals surface area contributed by atoms with E-state index in [-0.39, 0.29) is 5.91 Å². The third kappa shape index (κ3) is 3.10. The molecule has 4 heteroatoms. The van der Waals surface area contributed by atoms with Crippen molar-refractivity contribution < 1.29 is 4.79 Å². The van der Waals surface area contributed by atoms with E-state index in [1.807, 2.05) is 49.4 Å². The molecule has 1 N–H and O–H groups in total. The van der Waals surface area contributed by atoms with Crippen LogP contribution in [0.3, 0.4) is 0 Å². The minimum atomic E-state index is -0.119. The van der Waals surface area contributed by atoms with Crippen LogP contribution in [0.25, 0.3) is 0 Å². The Morgan fingerprint density at radius 2 is 1.89 bits per heavy atom. The van der Waals surface area contributed by atoms with Crippen molar-refractivity contribution in [2.24, 2.45) is 0 Å². The van der Waals surface area contributed by atoms with E-state index < -0.39 is 0 Å². The van der Waals surface area contributed by atoms with Gasteiger partial charge in [0, 0.05) is 19.3 Å². The molecule has 0 aliphatic rings. The van der Waals surface area contributed by atoms with Gasteiger partial charge in [0.2, 0.25) is 0 Å². The number of hydrogen-bond acceptors (Lipinski definition) is 3. The molecule has 0 aliphatic heterocycles. The summed E-state index contributed by atoms with van der Waals surface area (Å²) in [5, 5.41) is 3.10. The molecule has 0 fully saturated rings. The van der Waals surface area contributed by atoms with Gasteiger partial charge in [-0.3, -0.25) is 4.79 Å². The fraction of sp³-hybridized carbons (Fsp3) is 0.200. The van der Waals surface area contributed by atoms with Crippen LogP contribution in [0.5, 0.6) is 0 Å². The predicted octanol–water partition coefficient (Wildman–Crippen LogP) is 2.79. The van der Waals surface area contributed by atoms with Gasteiger partial charge in [-0.2, -0.15) is 0 Å². The number of amides is 1. The quantitative estimate of drug-likeness (QED) is 0.913. The molecule has 0 saturated carbocycles. The average Bonchev–Trinajstić information content (AvgIpc) is 2.47. The number of hydrogen-bond donors (Lipinski definition) is 1. The monoisotopic (exact) mass is 255 g/mol. The first-order chi connectivity index (χ1) is 9.22. The van der Waals surface area contributed by atoms with E-state index in [1.165, 1.54) is 0 Å². The second-order valence-electron chi connectivity index (χ2n) is 4.14. The van der Waals surface area contributed by atoms with E-state index in [2.05, 4.69) is 10.3 Å². The molecule has 1 heterocycles. The van der Waals surface area contributed by atoms with Crippen LogP contribution in [0, 0.1) is 0 Å². The number of anilines is 2. The van der Waals surface area contributed by atoms with Gasteiger partial charge < -0.3 is 10.2 Å². The number of benzene rings is 1. The van der Waals surface area contributed by atoms with Crippen LogP contribution in [0.15, 0.2) is 48.5 Å². The Kier molecular flexibility index (Phi) is 4.13. The molecule has 1 aromatic carbocycles. The first-order valence-corrected chi connectivity index (χ1v) is 6.26. The molecular weight excluding hydrogens is 238 g/mol. The number of carbonyl (C=O) groups is 1. The number of nitrogens with one attached hydrogen (secondary N) is 1. The van der Waals surface area contributed by atoms with E-state index in [9.17, 15) is 4.79 Å². The maximum Gasteiger partial charge on any atom is 0.276 e. The molecule has 0 radical (unpaired) electrons. The fourth-order valence-corrected chi connectivity index (χ4v) is 1.77. The van der Waals surface area contributed by atoms with Crippen molar-refractivity contribution in [3.63, 3.8) is 0 Å². The van der Waals surface area contributed by atoms with Gasteiger partial charge in [0.05, 0.1) is 0 Å². The second kappa shape index (κ2) is 6.00. The highest BCUT2D eigenvalue weighted by Gasteiger charge is 2.14. The first-order valence-electron chi connectivity index (χ1n) is 6.26. The van der Waals surface area contributed by atoms with Crippen molar-refractivity contribution in [3.8, 4) is 0 Å². The number of carbonyl (C=O) groups excluding carboxylic acids is 1. The molecule has 0 bridgehead atoms. The summed E-state index contributed by atoms with van der Waals surface area (Å²) < 4.78 is 0. The van der Waals surface area contributed by atoms with Gasteiger partial charge in [-0.1, -0.05) is 24.3 Å². The Labute approximate surface area is 113 Å². The highest BCUT2D eigenvalue weighted by Crippen LogP contribution is 2.14. The lowest BCUT2D eigenvalue weighted by molar-refractivity contribution is 0.0988. The van der Waals surface area contributed by atoms with E-state index in [1.54, 1.807) is 18.0 Å². The molecule has 2 aromatic rings. The van der Waals surface area contributed by atoms with Crippen LogP contribution in [-0.2, 0) is 0 Å². The van der Waals surface area contributed by atoms with Gasteiger partial charge in [0.1, 0.15) is 11.5 Å². The van der Waals surface area contributed by atoms with Crippen molar-refractivity contribution in [2.75, 3.05) is 23.8 Å². The van der Waals surface area contributed by atoms with E-state index in [0.717, 1.165) is 18.1 Å². The summed E-state index contributed by atoms with van der Waals surface area (Å²) in [4.78, 5) is 18.2. The molecule has 2 rings (SSSR count). The second-order valence-corrected chi connectivity index (χ2v) is 4.14. The zero-order chi connectivity index (χ0) is 13.7. The van der Waals surface area contributed by atoms with Gasteiger partial charge in [-0.25, -0.2) is 4.98 Å². The summed E-state index contributed by atoms with van der Waals surface area (Å²) >= 11 is 0. The summed E-state index contributed by atoms with van der Waals surface area (Å²) in [6.07, 6.45) is 0. The van der Waals surface area contributed by atoms with Crippen molar-refractivity contribution in [1.29, 1.82) is 0 Å². The Morgan fingerprint density at radius 1 is 1.16 bits per heavy atom. The molecule has 0 saturated heterocycles. The maximum absolute atomic E-state index is 12.3. The van der Waals surface area contributed by atoms with Gasteiger partial charge >= 0.3 is 0 Å². The third-order valence-corrected chi connectivity index (χ3v) is 2.77. The Balaban J connectivity index is 2.22. The molecule has 1 amide bonds. The van der Waals surface area contributed by atoms with Crippen molar-refractivity contribution in [2.45, 2.75) is 6.92 Å². The number of aromatic nitrogens is 1. The predicted molar refractivity (Wildman–Crippen MR) is 77.6 cm³/mol. The lowest BCUT2D eigenvalue weighted by Crippen LogP contribution is -2.27. The lowest BCUT2D eigenvalue weighted by Gasteiger charge is -2.17. The van der Waals surface area contributed by atoms with Crippen molar-refractivity contribution in [3.05, 3.63) is 54.2 Å². The van der Waals surface area contributed by atoms with Crippen molar-refractivity contribution in [1.82, 2.24) is 4.98 Å². The topological polar surface area (TPSA) is 45.2 Å². The number of pyridine rings is 1. The number of nitrogens with zero attached hydrogens (tertiary/aromatic N) is 2. The van der Waals surface area contributed by atoms with E-state index >= 15 is 0 Å². The lowest BCUT2D eigenvalue weighted by atomic mass is 10.2. The molecule has 1 aromatic heterocycles. The minimum Gasteiger partial charge on any atom is -0.370 e. The van der Waals surface area contributed by atoms with Crippen LogP contribution < -0.4 is 10.2 Å². The van der Waals surface area contributed by atoms with Crippen LogP contribution in [0.1, 0.15) is 17.4 Å². The SMILES string of the molecule is CCNc1cccc(C(=O)N(C)c2ccccc2)n1. The summed E-state index contributed by atoms with van der Waals surface area (Å²) in [5.41, 5.74) is 1.29. The molecule has 19 heavy (non-hydrogen) atoms. The smallest absolute Gasteiger partial charge is 0.276 e. The largest absolute Gasteiger partial charge is 0.370 e. The summed E-state index contributed by atoms with van der Waals surface area (Å²) in [5.74, 6) is 0.598. The highest BCUT2D eigenvalue weighted by molar-refractivity contribution is 6.04. The van der Waals surface area contributed by atoms with Crippen LogP contribution in [-0.4, -0.2) is 24.5 Å².